The van der Waals surface area contributed by atoms with E-state index in [1.165, 1.54) is 5.56 Å². The van der Waals surface area contributed by atoms with Crippen LogP contribution < -0.4 is 5.73 Å². The molecule has 2 N–H and O–H groups in total. The van der Waals surface area contributed by atoms with E-state index in [0.717, 1.165) is 12.1 Å². The normalized spacial score (nSPS) is 21.1. The van der Waals surface area contributed by atoms with Crippen molar-refractivity contribution in [2.75, 3.05) is 19.6 Å². The third-order valence-corrected chi connectivity index (χ3v) is 4.53. The van der Waals surface area contributed by atoms with Gasteiger partial charge < -0.3 is 10.6 Å². The van der Waals surface area contributed by atoms with Crippen molar-refractivity contribution in [2.45, 2.75) is 12.8 Å². The highest BCUT2D eigenvalue weighted by Crippen LogP contribution is 2.32. The van der Waals surface area contributed by atoms with Gasteiger partial charge >= 0.3 is 0 Å². The van der Waals surface area contributed by atoms with Gasteiger partial charge in [0, 0.05) is 31.4 Å². The number of carbonyl (C=O) groups is 1. The quantitative estimate of drug-likeness (QED) is 0.944. The highest BCUT2D eigenvalue weighted by atomic mass is 16.2. The molecule has 1 fully saturated rings. The first kappa shape index (κ1) is 14.7. The summed E-state index contributed by atoms with van der Waals surface area (Å²) in [5.41, 5.74) is 8.85. The Morgan fingerprint density at radius 3 is 2.73 bits per heavy atom. The molecule has 4 nitrogen and oxygen atoms in total. The summed E-state index contributed by atoms with van der Waals surface area (Å²) in [5, 5.41) is 0. The molecule has 1 aromatic carbocycles. The number of hydrogen-bond acceptors (Lipinski definition) is 3. The molecule has 2 atom stereocenters. The molecular weight excluding hydrogens is 274 g/mol. The minimum Gasteiger partial charge on any atom is -0.338 e. The van der Waals surface area contributed by atoms with E-state index in [1.807, 2.05) is 36.1 Å². The maximum atomic E-state index is 12.8. The lowest BCUT2D eigenvalue weighted by Crippen LogP contribution is -2.30. The number of carbonyl (C=O) groups excluding carboxylic acids is 1. The molecule has 2 heterocycles. The zero-order chi connectivity index (χ0) is 15.5. The lowest BCUT2D eigenvalue weighted by Gasteiger charge is -2.17. The summed E-state index contributed by atoms with van der Waals surface area (Å²) in [6.45, 7) is 3.97. The molecule has 4 heteroatoms. The van der Waals surface area contributed by atoms with Crippen molar-refractivity contribution < 1.29 is 4.79 Å². The number of benzene rings is 1. The van der Waals surface area contributed by atoms with Crippen LogP contribution in [0, 0.1) is 12.8 Å². The summed E-state index contributed by atoms with van der Waals surface area (Å²) in [6.07, 6.45) is 3.37. The minimum absolute atomic E-state index is 0.0579. The maximum Gasteiger partial charge on any atom is 0.255 e. The zero-order valence-corrected chi connectivity index (χ0v) is 12.8. The Morgan fingerprint density at radius 1 is 1.27 bits per heavy atom. The number of nitrogens with two attached hydrogens (primary N) is 1. The average molecular weight is 295 g/mol. The zero-order valence-electron chi connectivity index (χ0n) is 12.8. The molecule has 1 aliphatic rings. The molecule has 1 amide bonds. The lowest BCUT2D eigenvalue weighted by molar-refractivity contribution is 0.0785. The van der Waals surface area contributed by atoms with Crippen LogP contribution in [0.25, 0.3) is 0 Å². The first-order chi connectivity index (χ1) is 10.7. The second-order valence-corrected chi connectivity index (χ2v) is 5.91. The topological polar surface area (TPSA) is 59.2 Å². The summed E-state index contributed by atoms with van der Waals surface area (Å²) in [6, 6.07) is 12.2. The van der Waals surface area contributed by atoms with Crippen molar-refractivity contribution in [3.8, 4) is 0 Å². The number of hydrogen-bond donors (Lipinski definition) is 1. The first-order valence-corrected chi connectivity index (χ1v) is 7.65. The van der Waals surface area contributed by atoms with Crippen LogP contribution in [-0.4, -0.2) is 35.4 Å². The summed E-state index contributed by atoms with van der Waals surface area (Å²) in [7, 11) is 0. The molecule has 2 aromatic rings. The van der Waals surface area contributed by atoms with Crippen LogP contribution in [0.3, 0.4) is 0 Å². The van der Waals surface area contributed by atoms with Gasteiger partial charge in [0.05, 0.1) is 5.56 Å². The molecule has 0 radical (unpaired) electrons. The second-order valence-electron chi connectivity index (χ2n) is 5.91. The van der Waals surface area contributed by atoms with Gasteiger partial charge in [-0.25, -0.2) is 0 Å². The first-order valence-electron chi connectivity index (χ1n) is 7.65. The highest BCUT2D eigenvalue weighted by Gasteiger charge is 2.35. The van der Waals surface area contributed by atoms with Crippen LogP contribution in [0.1, 0.15) is 27.4 Å². The monoisotopic (exact) mass is 295 g/mol. The molecule has 0 bridgehead atoms. The molecule has 114 valence electrons. The van der Waals surface area contributed by atoms with E-state index in [4.69, 9.17) is 5.73 Å². The van der Waals surface area contributed by atoms with Crippen molar-refractivity contribution >= 4 is 5.91 Å². The Balaban J connectivity index is 1.83. The molecular formula is C18H21N3O. The smallest absolute Gasteiger partial charge is 0.255 e. The maximum absolute atomic E-state index is 12.8. The molecule has 1 aliphatic heterocycles. The van der Waals surface area contributed by atoms with Crippen molar-refractivity contribution in [2.24, 2.45) is 11.7 Å². The van der Waals surface area contributed by atoms with Gasteiger partial charge in [0.1, 0.15) is 0 Å². The number of rotatable bonds is 3. The Labute approximate surface area is 131 Å². The number of aryl methyl sites for hydroxylation is 1. The van der Waals surface area contributed by atoms with Crippen LogP contribution in [0.15, 0.2) is 48.8 Å². The van der Waals surface area contributed by atoms with Crippen LogP contribution in [0.2, 0.25) is 0 Å². The standard InChI is InChI=1S/C18H21N3O/c1-13-7-8-20-10-16(13)18(22)21-11-15(9-19)17(12-21)14-5-3-2-4-6-14/h2-8,10,15,17H,9,11-12,19H2,1H3/t15-,17+/m1/s1. The molecule has 0 unspecified atom stereocenters. The van der Waals surface area contributed by atoms with E-state index in [1.54, 1.807) is 12.4 Å². The Morgan fingerprint density at radius 2 is 2.05 bits per heavy atom. The molecule has 0 aliphatic carbocycles. The van der Waals surface area contributed by atoms with Crippen molar-refractivity contribution in [1.29, 1.82) is 0 Å². The van der Waals surface area contributed by atoms with Gasteiger partial charge in [0.25, 0.3) is 5.91 Å². The predicted octanol–water partition coefficient (Wildman–Crippen LogP) is 2.20. The minimum atomic E-state index is 0.0579. The van der Waals surface area contributed by atoms with Gasteiger partial charge in [-0.15, -0.1) is 0 Å². The Bertz CT molecular complexity index is 656. The third kappa shape index (κ3) is 2.74. The molecule has 0 spiro atoms. The van der Waals surface area contributed by atoms with Crippen LogP contribution in [0.4, 0.5) is 0 Å². The van der Waals surface area contributed by atoms with Crippen LogP contribution in [-0.2, 0) is 0 Å². The average Bonchev–Trinajstić information content (AvgIpc) is 3.00. The summed E-state index contributed by atoms with van der Waals surface area (Å²) in [5.74, 6) is 0.679. The number of likely N-dealkylation sites (tertiary alicyclic amines) is 1. The summed E-state index contributed by atoms with van der Waals surface area (Å²) in [4.78, 5) is 18.7. The number of pyridine rings is 1. The summed E-state index contributed by atoms with van der Waals surface area (Å²) >= 11 is 0. The van der Waals surface area contributed by atoms with E-state index in [9.17, 15) is 4.79 Å². The van der Waals surface area contributed by atoms with E-state index in [2.05, 4.69) is 17.1 Å². The molecule has 22 heavy (non-hydrogen) atoms. The number of aromatic nitrogens is 1. The number of amides is 1. The van der Waals surface area contributed by atoms with Crippen molar-refractivity contribution in [1.82, 2.24) is 9.88 Å². The van der Waals surface area contributed by atoms with Crippen molar-refractivity contribution in [3.05, 3.63) is 65.5 Å². The predicted molar refractivity (Wildman–Crippen MR) is 86.6 cm³/mol. The van der Waals surface area contributed by atoms with Crippen LogP contribution in [0.5, 0.6) is 0 Å². The number of nitrogens with zero attached hydrogens (tertiary/aromatic N) is 2. The highest BCUT2D eigenvalue weighted by molar-refractivity contribution is 5.95. The van der Waals surface area contributed by atoms with Crippen LogP contribution >= 0.6 is 0 Å². The van der Waals surface area contributed by atoms with E-state index >= 15 is 0 Å². The lowest BCUT2D eigenvalue weighted by atomic mass is 9.89. The Hall–Kier alpha value is -2.20. The van der Waals surface area contributed by atoms with Gasteiger partial charge in [-0.05, 0) is 36.6 Å². The fourth-order valence-electron chi connectivity index (χ4n) is 3.21. The van der Waals surface area contributed by atoms with E-state index < -0.39 is 0 Å². The summed E-state index contributed by atoms with van der Waals surface area (Å²) < 4.78 is 0. The second kappa shape index (κ2) is 6.28. The molecule has 1 aromatic heterocycles. The SMILES string of the molecule is Cc1ccncc1C(=O)N1C[C@@H](CN)[C@H](c2ccccc2)C1. The molecule has 3 rings (SSSR count). The largest absolute Gasteiger partial charge is 0.338 e. The fourth-order valence-corrected chi connectivity index (χ4v) is 3.21. The van der Waals surface area contributed by atoms with E-state index in [-0.39, 0.29) is 5.91 Å². The van der Waals surface area contributed by atoms with Crippen molar-refractivity contribution in [3.63, 3.8) is 0 Å². The van der Waals surface area contributed by atoms with Gasteiger partial charge in [-0.2, -0.15) is 0 Å². The fraction of sp³-hybridized carbons (Fsp3) is 0.333. The van der Waals surface area contributed by atoms with Gasteiger partial charge in [0.15, 0.2) is 0 Å². The van der Waals surface area contributed by atoms with Gasteiger partial charge in [-0.3, -0.25) is 9.78 Å². The molecule has 1 saturated heterocycles. The molecule has 0 saturated carbocycles. The van der Waals surface area contributed by atoms with Gasteiger partial charge in [-0.1, -0.05) is 30.3 Å². The van der Waals surface area contributed by atoms with E-state index in [0.29, 0.717) is 30.5 Å². The van der Waals surface area contributed by atoms with Gasteiger partial charge in [0.2, 0.25) is 0 Å². The third-order valence-electron chi connectivity index (χ3n) is 4.53. The Kier molecular flexibility index (Phi) is 4.20.